The fourth-order valence-corrected chi connectivity index (χ4v) is 2.40. The van der Waals surface area contributed by atoms with Crippen molar-refractivity contribution >= 4 is 23.0 Å². The lowest BCUT2D eigenvalue weighted by Gasteiger charge is -2.11. The number of pyridine rings is 1. The van der Waals surface area contributed by atoms with Gasteiger partial charge in [0.15, 0.2) is 0 Å². The second kappa shape index (κ2) is 7.80. The van der Waals surface area contributed by atoms with Crippen LogP contribution in [-0.2, 0) is 6.18 Å². The fraction of sp³-hybridized carbons (Fsp3) is 0.0500. The molecule has 5 nitrogen and oxygen atoms in total. The Morgan fingerprint density at radius 3 is 2.39 bits per heavy atom. The van der Waals surface area contributed by atoms with Gasteiger partial charge in [0.25, 0.3) is 5.91 Å². The van der Waals surface area contributed by atoms with Gasteiger partial charge in [0.1, 0.15) is 5.69 Å². The number of nitriles is 1. The lowest BCUT2D eigenvalue weighted by molar-refractivity contribution is -0.137. The van der Waals surface area contributed by atoms with Crippen molar-refractivity contribution in [1.82, 2.24) is 4.98 Å². The minimum atomic E-state index is -4.43. The molecule has 0 unspecified atom stereocenters. The van der Waals surface area contributed by atoms with Gasteiger partial charge in [0, 0.05) is 11.4 Å². The van der Waals surface area contributed by atoms with Crippen molar-refractivity contribution in [2.75, 3.05) is 10.6 Å². The second-order valence-electron chi connectivity index (χ2n) is 5.78. The van der Waals surface area contributed by atoms with Gasteiger partial charge in [-0.05, 0) is 48.5 Å². The van der Waals surface area contributed by atoms with Crippen LogP contribution in [-0.4, -0.2) is 10.9 Å². The number of aromatic nitrogens is 1. The van der Waals surface area contributed by atoms with Crippen LogP contribution in [0, 0.1) is 11.3 Å². The van der Waals surface area contributed by atoms with Gasteiger partial charge < -0.3 is 10.6 Å². The van der Waals surface area contributed by atoms with E-state index in [9.17, 15) is 18.0 Å². The van der Waals surface area contributed by atoms with Crippen LogP contribution in [0.5, 0.6) is 0 Å². The van der Waals surface area contributed by atoms with E-state index in [-0.39, 0.29) is 11.4 Å². The molecule has 28 heavy (non-hydrogen) atoms. The smallest absolute Gasteiger partial charge is 0.354 e. The Labute approximate surface area is 158 Å². The van der Waals surface area contributed by atoms with E-state index in [0.717, 1.165) is 12.1 Å². The lowest BCUT2D eigenvalue weighted by Crippen LogP contribution is -2.13. The molecule has 2 aromatic carbocycles. The Hall–Kier alpha value is -3.86. The molecule has 2 N–H and O–H groups in total. The maximum atomic E-state index is 12.8. The number of carbonyl (C=O) groups is 1. The first kappa shape index (κ1) is 18.9. The summed E-state index contributed by atoms with van der Waals surface area (Å²) in [5, 5.41) is 14.3. The average Bonchev–Trinajstić information content (AvgIpc) is 2.68. The van der Waals surface area contributed by atoms with E-state index >= 15 is 0 Å². The summed E-state index contributed by atoms with van der Waals surface area (Å²) in [6.07, 6.45) is -3.08. The minimum absolute atomic E-state index is 0.122. The van der Waals surface area contributed by atoms with Crippen LogP contribution in [0.25, 0.3) is 0 Å². The number of alkyl halides is 3. The van der Waals surface area contributed by atoms with Crippen molar-refractivity contribution in [2.24, 2.45) is 0 Å². The summed E-state index contributed by atoms with van der Waals surface area (Å²) in [6, 6.07) is 16.2. The third-order valence-corrected chi connectivity index (χ3v) is 3.72. The van der Waals surface area contributed by atoms with Gasteiger partial charge in [-0.2, -0.15) is 18.4 Å². The van der Waals surface area contributed by atoms with Crippen molar-refractivity contribution in [1.29, 1.82) is 5.26 Å². The summed E-state index contributed by atoms with van der Waals surface area (Å²) in [6.45, 7) is 0. The van der Waals surface area contributed by atoms with Crippen molar-refractivity contribution < 1.29 is 18.0 Å². The molecule has 0 fully saturated rings. The SMILES string of the molecule is N#Cc1cccc(NC(=O)c2ccc(Nc3cccc(C(F)(F)F)c3)cn2)c1. The Bertz CT molecular complexity index is 1040. The molecule has 1 heterocycles. The highest BCUT2D eigenvalue weighted by molar-refractivity contribution is 6.03. The molecule has 8 heteroatoms. The highest BCUT2D eigenvalue weighted by atomic mass is 19.4. The van der Waals surface area contributed by atoms with E-state index < -0.39 is 17.6 Å². The van der Waals surface area contributed by atoms with Gasteiger partial charge in [-0.15, -0.1) is 0 Å². The van der Waals surface area contributed by atoms with Crippen LogP contribution in [0.4, 0.5) is 30.2 Å². The molecule has 3 aromatic rings. The number of halogens is 3. The Morgan fingerprint density at radius 2 is 1.71 bits per heavy atom. The molecule has 0 radical (unpaired) electrons. The molecule has 0 saturated carbocycles. The molecule has 140 valence electrons. The highest BCUT2D eigenvalue weighted by Crippen LogP contribution is 2.31. The molecule has 3 rings (SSSR count). The van der Waals surface area contributed by atoms with Crippen molar-refractivity contribution in [3.05, 3.63) is 83.7 Å². The first-order valence-electron chi connectivity index (χ1n) is 8.07. The molecule has 0 atom stereocenters. The van der Waals surface area contributed by atoms with Crippen LogP contribution in [0.1, 0.15) is 21.6 Å². The summed E-state index contributed by atoms with van der Waals surface area (Å²) in [5.74, 6) is -0.472. The molecule has 0 aliphatic heterocycles. The number of hydrogen-bond donors (Lipinski definition) is 2. The number of hydrogen-bond acceptors (Lipinski definition) is 4. The molecule has 0 aliphatic rings. The maximum Gasteiger partial charge on any atom is 0.416 e. The third-order valence-electron chi connectivity index (χ3n) is 3.72. The normalized spacial score (nSPS) is 10.8. The third kappa shape index (κ3) is 4.65. The topological polar surface area (TPSA) is 77.8 Å². The van der Waals surface area contributed by atoms with Crippen LogP contribution in [0.2, 0.25) is 0 Å². The van der Waals surface area contributed by atoms with Gasteiger partial charge in [-0.1, -0.05) is 12.1 Å². The van der Waals surface area contributed by atoms with E-state index in [4.69, 9.17) is 5.26 Å². The molecule has 1 aromatic heterocycles. The second-order valence-corrected chi connectivity index (χ2v) is 5.78. The van der Waals surface area contributed by atoms with Crippen LogP contribution >= 0.6 is 0 Å². The monoisotopic (exact) mass is 382 g/mol. The molecular formula is C20H13F3N4O. The summed E-state index contributed by atoms with van der Waals surface area (Å²) in [4.78, 5) is 16.3. The summed E-state index contributed by atoms with van der Waals surface area (Å²) >= 11 is 0. The minimum Gasteiger partial charge on any atom is -0.354 e. The zero-order valence-corrected chi connectivity index (χ0v) is 14.3. The molecular weight excluding hydrogens is 369 g/mol. The largest absolute Gasteiger partial charge is 0.416 e. The van der Waals surface area contributed by atoms with E-state index in [0.29, 0.717) is 16.9 Å². The number of amides is 1. The highest BCUT2D eigenvalue weighted by Gasteiger charge is 2.30. The van der Waals surface area contributed by atoms with E-state index in [1.165, 1.54) is 36.5 Å². The Kier molecular flexibility index (Phi) is 5.27. The van der Waals surface area contributed by atoms with Gasteiger partial charge in [0.2, 0.25) is 0 Å². The predicted molar refractivity (Wildman–Crippen MR) is 98.1 cm³/mol. The Morgan fingerprint density at radius 1 is 0.964 bits per heavy atom. The molecule has 0 bridgehead atoms. The first-order valence-corrected chi connectivity index (χ1v) is 8.07. The van der Waals surface area contributed by atoms with Crippen LogP contribution in [0.15, 0.2) is 66.9 Å². The fourth-order valence-electron chi connectivity index (χ4n) is 2.40. The van der Waals surface area contributed by atoms with Gasteiger partial charge in [0.05, 0.1) is 29.1 Å². The molecule has 1 amide bonds. The maximum absolute atomic E-state index is 12.8. The zero-order valence-electron chi connectivity index (χ0n) is 14.3. The summed E-state index contributed by atoms with van der Waals surface area (Å²) in [5.41, 5.74) is 0.908. The zero-order chi connectivity index (χ0) is 20.1. The summed E-state index contributed by atoms with van der Waals surface area (Å²) < 4.78 is 38.3. The molecule has 0 saturated heterocycles. The number of rotatable bonds is 4. The Balaban J connectivity index is 1.69. The quantitative estimate of drug-likeness (QED) is 0.668. The predicted octanol–water partition coefficient (Wildman–Crippen LogP) is 4.97. The lowest BCUT2D eigenvalue weighted by atomic mass is 10.2. The average molecular weight is 382 g/mol. The van der Waals surface area contributed by atoms with Crippen molar-refractivity contribution in [3.63, 3.8) is 0 Å². The van der Waals surface area contributed by atoms with Crippen LogP contribution < -0.4 is 10.6 Å². The van der Waals surface area contributed by atoms with Crippen molar-refractivity contribution in [3.8, 4) is 6.07 Å². The first-order chi connectivity index (χ1) is 13.3. The standard InChI is InChI=1S/C20H13F3N4O/c21-20(22,23)14-4-2-6-16(10-14)26-17-7-8-18(25-12-17)19(28)27-15-5-1-3-13(9-15)11-24/h1-10,12,26H,(H,27,28). The number of anilines is 3. The van der Waals surface area contributed by atoms with E-state index in [2.05, 4.69) is 15.6 Å². The number of carbonyl (C=O) groups excluding carboxylic acids is 1. The van der Waals surface area contributed by atoms with Gasteiger partial charge in [-0.3, -0.25) is 4.79 Å². The van der Waals surface area contributed by atoms with Gasteiger partial charge >= 0.3 is 6.18 Å². The number of nitrogens with one attached hydrogen (secondary N) is 2. The van der Waals surface area contributed by atoms with Crippen LogP contribution in [0.3, 0.4) is 0 Å². The number of benzene rings is 2. The van der Waals surface area contributed by atoms with Crippen molar-refractivity contribution in [2.45, 2.75) is 6.18 Å². The van der Waals surface area contributed by atoms with Gasteiger partial charge in [-0.25, -0.2) is 4.98 Å². The molecule has 0 aliphatic carbocycles. The van der Waals surface area contributed by atoms with E-state index in [1.807, 2.05) is 6.07 Å². The molecule has 0 spiro atoms. The summed E-state index contributed by atoms with van der Waals surface area (Å²) in [7, 11) is 0. The van der Waals surface area contributed by atoms with E-state index in [1.54, 1.807) is 18.2 Å². The number of nitrogens with zero attached hydrogens (tertiary/aromatic N) is 2.